The molecule has 2 fully saturated rings. The summed E-state index contributed by atoms with van der Waals surface area (Å²) in [6.45, 7) is 1.64. The van der Waals surface area contributed by atoms with Crippen LogP contribution in [0.25, 0.3) is 0 Å². The highest BCUT2D eigenvalue weighted by Crippen LogP contribution is 2.32. The van der Waals surface area contributed by atoms with Crippen molar-refractivity contribution in [2.45, 2.75) is 31.4 Å². The van der Waals surface area contributed by atoms with Crippen LogP contribution in [-0.2, 0) is 4.74 Å². The number of hydrogen-bond acceptors (Lipinski definition) is 4. The van der Waals surface area contributed by atoms with E-state index in [1.54, 1.807) is 6.07 Å². The Balaban J connectivity index is 1.89. The molecule has 1 aromatic rings. The lowest BCUT2D eigenvalue weighted by Gasteiger charge is -2.38. The largest absolute Gasteiger partial charge is 0.374 e. The molecule has 0 aromatic carbocycles. The zero-order valence-electron chi connectivity index (χ0n) is 9.67. The van der Waals surface area contributed by atoms with Gasteiger partial charge in [-0.2, -0.15) is 5.26 Å². The zero-order valence-corrected chi connectivity index (χ0v) is 9.67. The van der Waals surface area contributed by atoms with Gasteiger partial charge in [0.2, 0.25) is 0 Å². The first-order chi connectivity index (χ1) is 8.38. The fourth-order valence-corrected chi connectivity index (χ4v) is 2.86. The molecule has 1 saturated carbocycles. The van der Waals surface area contributed by atoms with E-state index >= 15 is 0 Å². The Hall–Kier alpha value is -1.60. The normalized spacial score (nSPS) is 27.6. The Morgan fingerprint density at radius 3 is 3.24 bits per heavy atom. The Morgan fingerprint density at radius 2 is 2.35 bits per heavy atom. The number of morpholine rings is 1. The van der Waals surface area contributed by atoms with E-state index in [4.69, 9.17) is 10.00 Å². The molecule has 0 spiro atoms. The van der Waals surface area contributed by atoms with Gasteiger partial charge in [0, 0.05) is 6.54 Å². The zero-order chi connectivity index (χ0) is 11.7. The molecule has 2 atom stereocenters. The van der Waals surface area contributed by atoms with Crippen LogP contribution in [-0.4, -0.2) is 30.3 Å². The lowest BCUT2D eigenvalue weighted by molar-refractivity contribution is 0.0253. The van der Waals surface area contributed by atoms with Gasteiger partial charge in [-0.25, -0.2) is 4.98 Å². The van der Waals surface area contributed by atoms with Crippen molar-refractivity contribution in [3.63, 3.8) is 0 Å². The van der Waals surface area contributed by atoms with Gasteiger partial charge in [-0.1, -0.05) is 6.07 Å². The number of anilines is 1. The van der Waals surface area contributed by atoms with Crippen LogP contribution in [0.4, 0.5) is 5.82 Å². The van der Waals surface area contributed by atoms with Crippen LogP contribution in [0.15, 0.2) is 18.2 Å². The molecule has 2 heterocycles. The standard InChI is InChI=1S/C13H15N3O/c14-9-10-3-1-6-13(15-10)16-7-8-17-12-5-2-4-11(12)16/h1,3,6,11-12H,2,4-5,7-8H2. The van der Waals surface area contributed by atoms with Gasteiger partial charge in [0.25, 0.3) is 0 Å². The summed E-state index contributed by atoms with van der Waals surface area (Å²) < 4.78 is 5.78. The predicted molar refractivity (Wildman–Crippen MR) is 63.7 cm³/mol. The van der Waals surface area contributed by atoms with Crippen molar-refractivity contribution in [3.05, 3.63) is 23.9 Å². The third kappa shape index (κ3) is 1.87. The van der Waals surface area contributed by atoms with E-state index in [1.807, 2.05) is 12.1 Å². The number of nitrogens with zero attached hydrogens (tertiary/aromatic N) is 3. The van der Waals surface area contributed by atoms with Crippen LogP contribution in [0, 0.1) is 11.3 Å². The van der Waals surface area contributed by atoms with E-state index in [0.29, 0.717) is 17.8 Å². The molecule has 17 heavy (non-hydrogen) atoms. The molecule has 1 aliphatic carbocycles. The third-order valence-electron chi connectivity index (χ3n) is 3.63. The maximum Gasteiger partial charge on any atom is 0.142 e. The first-order valence-corrected chi connectivity index (χ1v) is 6.14. The van der Waals surface area contributed by atoms with Crippen LogP contribution in [0.1, 0.15) is 25.0 Å². The number of aromatic nitrogens is 1. The Kier molecular flexibility index (Phi) is 2.69. The third-order valence-corrected chi connectivity index (χ3v) is 3.63. The van der Waals surface area contributed by atoms with Crippen molar-refractivity contribution < 1.29 is 4.74 Å². The van der Waals surface area contributed by atoms with E-state index < -0.39 is 0 Å². The van der Waals surface area contributed by atoms with Gasteiger partial charge >= 0.3 is 0 Å². The fourth-order valence-electron chi connectivity index (χ4n) is 2.86. The molecule has 0 N–H and O–H groups in total. The number of nitriles is 1. The van der Waals surface area contributed by atoms with Crippen molar-refractivity contribution >= 4 is 5.82 Å². The molecule has 1 aliphatic heterocycles. The predicted octanol–water partition coefficient (Wildman–Crippen LogP) is 1.71. The molecule has 0 bridgehead atoms. The van der Waals surface area contributed by atoms with Crippen molar-refractivity contribution in [2.75, 3.05) is 18.1 Å². The SMILES string of the molecule is N#Cc1cccc(N2CCOC3CCCC32)n1. The molecule has 1 aromatic heterocycles. The molecule has 4 heteroatoms. The fraction of sp³-hybridized carbons (Fsp3) is 0.538. The highest BCUT2D eigenvalue weighted by atomic mass is 16.5. The number of ether oxygens (including phenoxy) is 1. The van der Waals surface area contributed by atoms with Gasteiger partial charge < -0.3 is 9.64 Å². The monoisotopic (exact) mass is 229 g/mol. The van der Waals surface area contributed by atoms with Crippen LogP contribution in [0.3, 0.4) is 0 Å². The average molecular weight is 229 g/mol. The highest BCUT2D eigenvalue weighted by molar-refractivity contribution is 5.43. The summed E-state index contributed by atoms with van der Waals surface area (Å²) in [7, 11) is 0. The molecule has 2 unspecified atom stereocenters. The van der Waals surface area contributed by atoms with Crippen molar-refractivity contribution in [1.82, 2.24) is 4.98 Å². The second kappa shape index (κ2) is 4.34. The smallest absolute Gasteiger partial charge is 0.142 e. The lowest BCUT2D eigenvalue weighted by atomic mass is 10.1. The minimum Gasteiger partial charge on any atom is -0.374 e. The van der Waals surface area contributed by atoms with Crippen molar-refractivity contribution in [1.29, 1.82) is 5.26 Å². The lowest BCUT2D eigenvalue weighted by Crippen LogP contribution is -2.49. The van der Waals surface area contributed by atoms with Crippen LogP contribution >= 0.6 is 0 Å². The second-order valence-electron chi connectivity index (χ2n) is 4.59. The summed E-state index contributed by atoms with van der Waals surface area (Å²) in [5, 5.41) is 8.89. The minimum absolute atomic E-state index is 0.358. The number of rotatable bonds is 1. The van der Waals surface area contributed by atoms with Crippen molar-refractivity contribution in [3.8, 4) is 6.07 Å². The molecular weight excluding hydrogens is 214 g/mol. The molecule has 0 radical (unpaired) electrons. The van der Waals surface area contributed by atoms with E-state index in [-0.39, 0.29) is 0 Å². The maximum atomic E-state index is 8.89. The van der Waals surface area contributed by atoms with E-state index in [1.165, 1.54) is 12.8 Å². The Labute approximate surface area is 101 Å². The van der Waals surface area contributed by atoms with Gasteiger partial charge in [0.05, 0.1) is 18.8 Å². The Bertz CT molecular complexity index is 454. The number of fused-ring (bicyclic) bond motifs is 1. The first kappa shape index (κ1) is 10.5. The second-order valence-corrected chi connectivity index (χ2v) is 4.59. The molecular formula is C13H15N3O. The van der Waals surface area contributed by atoms with Gasteiger partial charge in [-0.05, 0) is 31.4 Å². The maximum absolute atomic E-state index is 8.89. The topological polar surface area (TPSA) is 49.2 Å². The molecule has 88 valence electrons. The summed E-state index contributed by atoms with van der Waals surface area (Å²) in [5.41, 5.74) is 0.489. The van der Waals surface area contributed by atoms with Gasteiger partial charge in [0.1, 0.15) is 17.6 Å². The molecule has 3 rings (SSSR count). The van der Waals surface area contributed by atoms with Crippen LogP contribution in [0.5, 0.6) is 0 Å². The number of pyridine rings is 1. The van der Waals surface area contributed by atoms with E-state index in [2.05, 4.69) is 16.0 Å². The van der Waals surface area contributed by atoms with Gasteiger partial charge in [0.15, 0.2) is 0 Å². The van der Waals surface area contributed by atoms with Crippen LogP contribution < -0.4 is 4.90 Å². The summed E-state index contributed by atoms with van der Waals surface area (Å²) in [6, 6.07) is 8.18. The summed E-state index contributed by atoms with van der Waals surface area (Å²) >= 11 is 0. The van der Waals surface area contributed by atoms with E-state index in [9.17, 15) is 0 Å². The Morgan fingerprint density at radius 1 is 1.41 bits per heavy atom. The minimum atomic E-state index is 0.358. The molecule has 4 nitrogen and oxygen atoms in total. The molecule has 1 saturated heterocycles. The van der Waals surface area contributed by atoms with Crippen molar-refractivity contribution in [2.24, 2.45) is 0 Å². The quantitative estimate of drug-likeness (QED) is 0.735. The van der Waals surface area contributed by atoms with E-state index in [0.717, 1.165) is 25.4 Å². The first-order valence-electron chi connectivity index (χ1n) is 6.14. The van der Waals surface area contributed by atoms with Crippen LogP contribution in [0.2, 0.25) is 0 Å². The summed E-state index contributed by atoms with van der Waals surface area (Å²) in [6.07, 6.45) is 3.91. The molecule has 2 aliphatic rings. The summed E-state index contributed by atoms with van der Waals surface area (Å²) in [5.74, 6) is 0.921. The summed E-state index contributed by atoms with van der Waals surface area (Å²) in [4.78, 5) is 6.69. The number of hydrogen-bond donors (Lipinski definition) is 0. The average Bonchev–Trinajstić information content (AvgIpc) is 2.87. The highest BCUT2D eigenvalue weighted by Gasteiger charge is 2.36. The van der Waals surface area contributed by atoms with Gasteiger partial charge in [-0.3, -0.25) is 0 Å². The van der Waals surface area contributed by atoms with Gasteiger partial charge in [-0.15, -0.1) is 0 Å². The molecule has 0 amide bonds.